The minimum atomic E-state index is 0.554. The third-order valence-corrected chi connectivity index (χ3v) is 7.79. The Balaban J connectivity index is 2.08. The second kappa shape index (κ2) is 18.9. The second-order valence-corrected chi connectivity index (χ2v) is 10.3. The Morgan fingerprint density at radius 3 is 1.59 bits per heavy atom. The molecule has 0 fully saturated rings. The summed E-state index contributed by atoms with van der Waals surface area (Å²) in [4.78, 5) is 0. The van der Waals surface area contributed by atoms with Crippen LogP contribution in [-0.4, -0.2) is 37.3 Å². The summed E-state index contributed by atoms with van der Waals surface area (Å²) in [5.41, 5.74) is 0. The van der Waals surface area contributed by atoms with Gasteiger partial charge in [-0.2, -0.15) is 0 Å². The van der Waals surface area contributed by atoms with Gasteiger partial charge < -0.3 is 9.22 Å². The molecule has 0 unspecified atom stereocenters. The number of ether oxygens (including phenoxy) is 1. The zero-order valence-corrected chi connectivity index (χ0v) is 22.8. The van der Waals surface area contributed by atoms with Crippen LogP contribution in [0.25, 0.3) is 0 Å². The van der Waals surface area contributed by atoms with E-state index in [9.17, 15) is 0 Å². The molecule has 1 aromatic rings. The zero-order chi connectivity index (χ0) is 23.5. The molecule has 0 amide bonds. The lowest BCUT2D eigenvalue weighted by Gasteiger charge is -2.37. The van der Waals surface area contributed by atoms with E-state index in [1.807, 2.05) is 12.1 Å². The number of halogens is 2. The number of nitrogens with zero attached hydrogens (tertiary/aromatic N) is 1. The van der Waals surface area contributed by atoms with E-state index in [2.05, 4.69) is 20.8 Å². The lowest BCUT2D eigenvalue weighted by molar-refractivity contribution is -0.925. The minimum Gasteiger partial charge on any atom is -0.488 e. The Kier molecular flexibility index (Phi) is 17.5. The van der Waals surface area contributed by atoms with Gasteiger partial charge in [-0.05, 0) is 38.8 Å². The van der Waals surface area contributed by atoms with Crippen molar-refractivity contribution < 1.29 is 9.22 Å². The van der Waals surface area contributed by atoms with Crippen molar-refractivity contribution in [2.75, 3.05) is 32.8 Å². The molecule has 2 nitrogen and oxygen atoms in total. The summed E-state index contributed by atoms with van der Waals surface area (Å²) in [7, 11) is 0. The second-order valence-electron chi connectivity index (χ2n) is 9.44. The van der Waals surface area contributed by atoms with E-state index in [0.29, 0.717) is 10.0 Å². The molecule has 0 N–H and O–H groups in total. The number of quaternary nitrogens is 1. The quantitative estimate of drug-likeness (QED) is 0.124. The number of benzene rings is 1. The van der Waals surface area contributed by atoms with Crippen LogP contribution < -0.4 is 4.74 Å². The first-order valence-electron chi connectivity index (χ1n) is 13.5. The van der Waals surface area contributed by atoms with Gasteiger partial charge in [0.15, 0.2) is 0 Å². The van der Waals surface area contributed by atoms with Gasteiger partial charge in [-0.3, -0.25) is 0 Å². The van der Waals surface area contributed by atoms with Gasteiger partial charge in [0.1, 0.15) is 18.9 Å². The van der Waals surface area contributed by atoms with E-state index in [-0.39, 0.29) is 0 Å². The van der Waals surface area contributed by atoms with Crippen LogP contribution in [0.3, 0.4) is 0 Å². The first-order chi connectivity index (χ1) is 15.6. The first kappa shape index (κ1) is 29.6. The predicted octanol–water partition coefficient (Wildman–Crippen LogP) is 9.71. The Hall–Kier alpha value is -0.440. The van der Waals surface area contributed by atoms with Crippen molar-refractivity contribution in [1.82, 2.24) is 0 Å². The maximum Gasteiger partial charge on any atom is 0.137 e. The van der Waals surface area contributed by atoms with E-state index in [0.717, 1.165) is 23.4 Å². The van der Waals surface area contributed by atoms with Gasteiger partial charge in [-0.15, -0.1) is 0 Å². The summed E-state index contributed by atoms with van der Waals surface area (Å²) in [5, 5.41) is 1.13. The van der Waals surface area contributed by atoms with Crippen molar-refractivity contribution in [3.05, 3.63) is 28.2 Å². The van der Waals surface area contributed by atoms with Crippen molar-refractivity contribution in [2.24, 2.45) is 0 Å². The van der Waals surface area contributed by atoms with Crippen LogP contribution in [-0.2, 0) is 0 Å². The SMILES string of the molecule is CCCCCCCCCCCCCCCC[N+](CC)(CC)CCOc1ccc(Cl)c(Cl)c1. The highest BCUT2D eigenvalue weighted by Gasteiger charge is 2.22. The van der Waals surface area contributed by atoms with Gasteiger partial charge in [0, 0.05) is 6.07 Å². The minimum absolute atomic E-state index is 0.554. The molecule has 0 aliphatic rings. The zero-order valence-electron chi connectivity index (χ0n) is 21.3. The maximum atomic E-state index is 6.09. The molecular formula is C28H50Cl2NO+. The van der Waals surface area contributed by atoms with Gasteiger partial charge in [-0.1, -0.05) is 107 Å². The maximum absolute atomic E-state index is 6.09. The van der Waals surface area contributed by atoms with Crippen LogP contribution in [0.15, 0.2) is 18.2 Å². The van der Waals surface area contributed by atoms with Crippen LogP contribution in [0.2, 0.25) is 10.0 Å². The number of rotatable bonds is 21. The molecule has 0 aliphatic heterocycles. The molecule has 0 saturated carbocycles. The summed E-state index contributed by atoms with van der Waals surface area (Å²) in [6, 6.07) is 5.51. The molecule has 0 aliphatic carbocycles. The molecule has 186 valence electrons. The van der Waals surface area contributed by atoms with Gasteiger partial charge >= 0.3 is 0 Å². The third-order valence-electron chi connectivity index (χ3n) is 7.05. The fourth-order valence-electron chi connectivity index (χ4n) is 4.53. The number of likely N-dealkylation sites (N-methyl/N-ethyl adjacent to an activating group) is 1. The van der Waals surface area contributed by atoms with Crippen LogP contribution >= 0.6 is 23.2 Å². The van der Waals surface area contributed by atoms with Crippen LogP contribution in [0, 0.1) is 0 Å². The number of hydrogen-bond donors (Lipinski definition) is 0. The Morgan fingerprint density at radius 2 is 1.12 bits per heavy atom. The highest BCUT2D eigenvalue weighted by atomic mass is 35.5. The summed E-state index contributed by atoms with van der Waals surface area (Å²) >= 11 is 12.1. The van der Waals surface area contributed by atoms with Crippen molar-refractivity contribution in [3.63, 3.8) is 0 Å². The van der Waals surface area contributed by atoms with Crippen molar-refractivity contribution in [2.45, 2.75) is 111 Å². The van der Waals surface area contributed by atoms with E-state index in [1.165, 1.54) is 110 Å². The highest BCUT2D eigenvalue weighted by Crippen LogP contribution is 2.26. The smallest absolute Gasteiger partial charge is 0.137 e. The summed E-state index contributed by atoms with van der Waals surface area (Å²) in [5.74, 6) is 0.807. The normalized spacial score (nSPS) is 11.8. The predicted molar refractivity (Wildman–Crippen MR) is 143 cm³/mol. The van der Waals surface area contributed by atoms with Crippen molar-refractivity contribution in [1.29, 1.82) is 0 Å². The van der Waals surface area contributed by atoms with Crippen molar-refractivity contribution >= 4 is 23.2 Å². The van der Waals surface area contributed by atoms with Crippen molar-refractivity contribution in [3.8, 4) is 5.75 Å². The van der Waals surface area contributed by atoms with Crippen LogP contribution in [0.4, 0.5) is 0 Å². The molecule has 0 spiro atoms. The third kappa shape index (κ3) is 13.3. The number of hydrogen-bond acceptors (Lipinski definition) is 1. The van der Waals surface area contributed by atoms with Gasteiger partial charge in [0.25, 0.3) is 0 Å². The Labute approximate surface area is 209 Å². The molecule has 1 aromatic carbocycles. The highest BCUT2D eigenvalue weighted by molar-refractivity contribution is 6.42. The number of unbranched alkanes of at least 4 members (excludes halogenated alkanes) is 13. The first-order valence-corrected chi connectivity index (χ1v) is 14.3. The fourth-order valence-corrected chi connectivity index (χ4v) is 4.82. The Morgan fingerprint density at radius 1 is 0.625 bits per heavy atom. The molecule has 0 heterocycles. The van der Waals surface area contributed by atoms with E-state index < -0.39 is 0 Å². The monoisotopic (exact) mass is 486 g/mol. The average Bonchev–Trinajstić information content (AvgIpc) is 2.80. The molecule has 0 bridgehead atoms. The largest absolute Gasteiger partial charge is 0.488 e. The fraction of sp³-hybridized carbons (Fsp3) is 0.786. The molecule has 0 aromatic heterocycles. The van der Waals surface area contributed by atoms with E-state index >= 15 is 0 Å². The molecule has 0 radical (unpaired) electrons. The summed E-state index contributed by atoms with van der Waals surface area (Å²) in [6.07, 6.45) is 19.8. The molecule has 4 heteroatoms. The lowest BCUT2D eigenvalue weighted by atomic mass is 10.0. The topological polar surface area (TPSA) is 9.23 Å². The standard InChI is InChI=1S/C28H50Cl2NO/c1-4-7-8-9-10-11-12-13-14-15-16-17-18-19-22-31(5-2,6-3)23-24-32-26-20-21-27(29)28(30)25-26/h20-21,25H,4-19,22-24H2,1-3H3/q+1. The lowest BCUT2D eigenvalue weighted by Crippen LogP contribution is -2.50. The van der Waals surface area contributed by atoms with Crippen LogP contribution in [0.1, 0.15) is 111 Å². The van der Waals surface area contributed by atoms with Gasteiger partial charge in [0.05, 0.1) is 29.7 Å². The average molecular weight is 488 g/mol. The van der Waals surface area contributed by atoms with Gasteiger partial charge in [-0.25, -0.2) is 0 Å². The summed E-state index contributed by atoms with van der Waals surface area (Å²) in [6.45, 7) is 12.3. The molecule has 32 heavy (non-hydrogen) atoms. The summed E-state index contributed by atoms with van der Waals surface area (Å²) < 4.78 is 7.10. The molecular weight excluding hydrogens is 437 g/mol. The Bertz CT molecular complexity index is 575. The molecule has 1 rings (SSSR count). The van der Waals surface area contributed by atoms with Gasteiger partial charge in [0.2, 0.25) is 0 Å². The molecule has 0 atom stereocenters. The van der Waals surface area contributed by atoms with E-state index in [4.69, 9.17) is 27.9 Å². The van der Waals surface area contributed by atoms with E-state index in [1.54, 1.807) is 6.07 Å². The molecule has 0 saturated heterocycles. The van der Waals surface area contributed by atoms with Crippen LogP contribution in [0.5, 0.6) is 5.75 Å².